The molecule has 138 valence electrons. The van der Waals surface area contributed by atoms with Gasteiger partial charge in [0, 0.05) is 0 Å². The van der Waals surface area contributed by atoms with Crippen molar-refractivity contribution in [1.82, 2.24) is 0 Å². The molecular weight excluding hydrogens is 326 g/mol. The van der Waals surface area contributed by atoms with Crippen LogP contribution in [-0.4, -0.2) is 18.4 Å². The van der Waals surface area contributed by atoms with Crippen molar-refractivity contribution in [2.75, 3.05) is 0 Å². The third-order valence-electron chi connectivity index (χ3n) is 5.41. The predicted octanol–water partition coefficient (Wildman–Crippen LogP) is 4.38. The zero-order valence-electron chi connectivity index (χ0n) is 15.6. The normalized spacial score (nSPS) is 20.2. The first-order valence-electron chi connectivity index (χ1n) is 9.94. The molecule has 25 heavy (non-hydrogen) atoms. The van der Waals surface area contributed by atoms with Crippen LogP contribution in [-0.2, 0) is 17.4 Å². The van der Waals surface area contributed by atoms with Gasteiger partial charge in [0.2, 0.25) is 0 Å². The van der Waals surface area contributed by atoms with Crippen LogP contribution in [0.15, 0.2) is 35.9 Å². The lowest BCUT2D eigenvalue weighted by atomic mass is 9.91. The first-order valence-corrected chi connectivity index (χ1v) is 10.3. The van der Waals surface area contributed by atoms with E-state index in [0.717, 1.165) is 23.9 Å². The second kappa shape index (κ2) is 11.4. The molecule has 0 unspecified atom stereocenters. The Morgan fingerprint density at radius 2 is 1.40 bits per heavy atom. The van der Waals surface area contributed by atoms with E-state index in [1.165, 1.54) is 64.2 Å². The zero-order chi connectivity index (χ0) is 17.9. The lowest BCUT2D eigenvalue weighted by molar-refractivity contribution is -0.725. The van der Waals surface area contributed by atoms with Crippen LogP contribution in [0.4, 0.5) is 0 Å². The molecule has 2 N–H and O–H groups in total. The summed E-state index contributed by atoms with van der Waals surface area (Å²) in [6.07, 6.45) is 15.7. The van der Waals surface area contributed by atoms with E-state index in [1.54, 1.807) is 6.92 Å². The van der Waals surface area contributed by atoms with Crippen LogP contribution in [0.1, 0.15) is 76.7 Å². The quantitative estimate of drug-likeness (QED) is 0.492. The molecule has 0 saturated heterocycles. The number of carbonyl (C=O) groups excluding carboxylic acids is 1. The minimum absolute atomic E-state index is 0.608. The van der Waals surface area contributed by atoms with E-state index in [2.05, 4.69) is 5.32 Å². The fourth-order valence-electron chi connectivity index (χ4n) is 3.91. The highest BCUT2D eigenvalue weighted by Gasteiger charge is 2.22. The van der Waals surface area contributed by atoms with Gasteiger partial charge in [0.15, 0.2) is 0 Å². The van der Waals surface area contributed by atoms with Gasteiger partial charge in [-0.3, -0.25) is 4.79 Å². The molecule has 0 aliphatic heterocycles. The van der Waals surface area contributed by atoms with E-state index in [-0.39, 0.29) is 0 Å². The van der Waals surface area contributed by atoms with Crippen LogP contribution in [0.3, 0.4) is 0 Å². The van der Waals surface area contributed by atoms with Crippen LogP contribution >= 0.6 is 0 Å². The van der Waals surface area contributed by atoms with E-state index < -0.39 is 0 Å². The van der Waals surface area contributed by atoms with E-state index in [1.807, 2.05) is 30.3 Å². The van der Waals surface area contributed by atoms with E-state index in [0.29, 0.717) is 10.5 Å². The molecule has 3 rings (SSSR count). The zero-order valence-corrected chi connectivity index (χ0v) is 16.4. The minimum atomic E-state index is 0.608. The van der Waals surface area contributed by atoms with Crippen LogP contribution < -0.4 is 5.32 Å². The summed E-state index contributed by atoms with van der Waals surface area (Å²) in [5.74, 6) is 0. The van der Waals surface area contributed by atoms with Gasteiger partial charge < -0.3 is 17.9 Å². The molecule has 0 amide bonds. The maximum Gasteiger partial charge on any atom is 0.144 e. The number of aldehydes is 1. The van der Waals surface area contributed by atoms with E-state index >= 15 is 0 Å². The monoisotopic (exact) mass is 359 g/mol. The summed E-state index contributed by atoms with van der Waals surface area (Å²) in [4.78, 5) is 11.0. The average molecular weight is 360 g/mol. The van der Waals surface area contributed by atoms with Gasteiger partial charge in [-0.2, -0.15) is 4.91 Å². The third kappa shape index (κ3) is 7.29. The Morgan fingerprint density at radius 1 is 0.920 bits per heavy atom. The van der Waals surface area contributed by atoms with Gasteiger partial charge in [-0.15, -0.1) is 0 Å². The van der Waals surface area contributed by atoms with Crippen molar-refractivity contribution < 1.29 is 10.1 Å². The van der Waals surface area contributed by atoms with Gasteiger partial charge in [0.25, 0.3) is 0 Å². The van der Waals surface area contributed by atoms with Gasteiger partial charge in [0.05, 0.1) is 12.1 Å². The second-order valence-corrected chi connectivity index (χ2v) is 7.89. The Labute approximate surface area is 158 Å². The molecule has 2 aliphatic rings. The Hall–Kier alpha value is -1.19. The Kier molecular flexibility index (Phi) is 9.20. The molecule has 2 fully saturated rings. The van der Waals surface area contributed by atoms with Crippen molar-refractivity contribution >= 4 is 23.8 Å². The number of carbonyl (C=O) groups is 1. The third-order valence-corrected chi connectivity index (χ3v) is 5.97. The summed E-state index contributed by atoms with van der Waals surface area (Å²) >= 11 is 5.07. The second-order valence-electron chi connectivity index (χ2n) is 7.48. The van der Waals surface area contributed by atoms with Gasteiger partial charge >= 0.3 is 0 Å². The molecule has 0 aromatic heterocycles. The summed E-state index contributed by atoms with van der Waals surface area (Å²) in [7, 11) is 0. The number of hydrogen-bond acceptors (Lipinski definition) is 2. The lowest BCUT2D eigenvalue weighted by Crippen LogP contribution is -2.95. The molecule has 0 heterocycles. The van der Waals surface area contributed by atoms with Crippen molar-refractivity contribution in [2.45, 2.75) is 83.2 Å². The maximum atomic E-state index is 10.4. The first kappa shape index (κ1) is 20.1. The standard InChI is InChI=1S/C12H23N.C10H10OS/c1-3-7-11(8-4-1)13-12-9-5-2-6-10-12;1-8(7-11)10(12)9-5-3-2-4-6-9/h11-13H,1-10H2;2-7,12H,1H3. The van der Waals surface area contributed by atoms with Gasteiger partial charge in [0.1, 0.15) is 6.29 Å². The molecule has 2 nitrogen and oxygen atoms in total. The molecule has 0 atom stereocenters. The largest absolute Gasteiger partial charge is 0.779 e. The fraction of sp³-hybridized carbons (Fsp3) is 0.591. The Bertz CT molecular complexity index is 512. The van der Waals surface area contributed by atoms with Crippen LogP contribution in [0.2, 0.25) is 0 Å². The molecule has 0 bridgehead atoms. The molecule has 3 heteroatoms. The highest BCUT2D eigenvalue weighted by molar-refractivity contribution is 7.70. The summed E-state index contributed by atoms with van der Waals surface area (Å²) < 4.78 is 0. The predicted molar refractivity (Wildman–Crippen MR) is 108 cm³/mol. The fourth-order valence-corrected chi connectivity index (χ4v) is 4.09. The molecular formula is C22H33NOS. The summed E-state index contributed by atoms with van der Waals surface area (Å²) in [6.45, 7) is 1.72. The number of rotatable bonds is 4. The van der Waals surface area contributed by atoms with Crippen LogP contribution in [0, 0.1) is 0 Å². The minimum Gasteiger partial charge on any atom is -0.779 e. The topological polar surface area (TPSA) is 33.7 Å². The number of benzene rings is 1. The molecule has 0 radical (unpaired) electrons. The molecule has 1 aromatic rings. The number of quaternary nitrogens is 1. The summed E-state index contributed by atoms with van der Waals surface area (Å²) in [5.41, 5.74) is 1.54. The van der Waals surface area contributed by atoms with Crippen molar-refractivity contribution in [1.29, 1.82) is 0 Å². The van der Waals surface area contributed by atoms with E-state index in [9.17, 15) is 4.79 Å². The van der Waals surface area contributed by atoms with Crippen molar-refractivity contribution in [3.63, 3.8) is 0 Å². The van der Waals surface area contributed by atoms with Gasteiger partial charge in [-0.05, 0) is 69.4 Å². The number of allylic oxidation sites excluding steroid dienone is 1. The highest BCUT2D eigenvalue weighted by Crippen LogP contribution is 2.18. The van der Waals surface area contributed by atoms with Crippen LogP contribution in [0.5, 0.6) is 0 Å². The summed E-state index contributed by atoms with van der Waals surface area (Å²) in [5, 5.41) is 2.72. The number of hydrogen-bond donors (Lipinski definition) is 1. The molecule has 2 saturated carbocycles. The SMILES string of the molecule is C1CCC([NH2+]C2CCCCC2)CC1.CC(C=O)=C([S-])c1ccccc1. The molecule has 2 aliphatic carbocycles. The maximum absolute atomic E-state index is 10.4. The Balaban J connectivity index is 0.000000181. The molecule has 0 spiro atoms. The number of nitrogens with two attached hydrogens (primary N) is 1. The Morgan fingerprint density at radius 3 is 1.84 bits per heavy atom. The average Bonchev–Trinajstić information content (AvgIpc) is 2.69. The highest BCUT2D eigenvalue weighted by atomic mass is 32.1. The van der Waals surface area contributed by atoms with Crippen molar-refractivity contribution in [3.8, 4) is 0 Å². The van der Waals surface area contributed by atoms with Crippen molar-refractivity contribution in [3.05, 3.63) is 41.5 Å². The smallest absolute Gasteiger partial charge is 0.144 e. The van der Waals surface area contributed by atoms with Crippen LogP contribution in [0.25, 0.3) is 4.91 Å². The summed E-state index contributed by atoms with van der Waals surface area (Å²) in [6, 6.07) is 11.5. The van der Waals surface area contributed by atoms with Gasteiger partial charge in [-0.1, -0.05) is 43.2 Å². The van der Waals surface area contributed by atoms with E-state index in [4.69, 9.17) is 12.6 Å². The van der Waals surface area contributed by atoms with Gasteiger partial charge in [-0.25, -0.2) is 0 Å². The first-order chi connectivity index (χ1) is 12.2. The molecule has 1 aromatic carbocycles. The lowest BCUT2D eigenvalue weighted by Gasteiger charge is -2.27. The van der Waals surface area contributed by atoms with Crippen molar-refractivity contribution in [2.24, 2.45) is 0 Å².